The molecule has 1 N–H and O–H groups in total. The average Bonchev–Trinajstić information content (AvgIpc) is 2.71. The van der Waals surface area contributed by atoms with E-state index in [2.05, 4.69) is 52.0 Å². The molecule has 2 rings (SSSR count). The van der Waals surface area contributed by atoms with Crippen molar-refractivity contribution in [3.05, 3.63) is 30.1 Å². The number of nitriles is 1. The Morgan fingerprint density at radius 1 is 1.22 bits per heavy atom. The summed E-state index contributed by atoms with van der Waals surface area (Å²) in [6.45, 7) is 9.76. The summed E-state index contributed by atoms with van der Waals surface area (Å²) >= 11 is 1.47. The molecule has 0 aliphatic heterocycles. The van der Waals surface area contributed by atoms with Gasteiger partial charge in [-0.2, -0.15) is 5.26 Å². The summed E-state index contributed by atoms with van der Waals surface area (Å²) in [6, 6.07) is 6.24. The third kappa shape index (κ3) is 5.91. The number of aromatic nitrogens is 3. The largest absolute Gasteiger partial charge is 0.366 e. The van der Waals surface area contributed by atoms with E-state index >= 15 is 0 Å². The van der Waals surface area contributed by atoms with Gasteiger partial charge in [0.25, 0.3) is 0 Å². The van der Waals surface area contributed by atoms with Crippen LogP contribution in [-0.2, 0) is 0 Å². The third-order valence-corrected chi connectivity index (χ3v) is 5.07. The van der Waals surface area contributed by atoms with Gasteiger partial charge in [-0.3, -0.25) is 4.98 Å². The van der Waals surface area contributed by atoms with Crippen LogP contribution in [0.4, 0.5) is 5.82 Å². The minimum absolute atomic E-state index is 0.225. The van der Waals surface area contributed by atoms with Crippen molar-refractivity contribution in [2.24, 2.45) is 0 Å². The first-order chi connectivity index (χ1) is 13.1. The fourth-order valence-corrected chi connectivity index (χ4v) is 3.29. The lowest BCUT2D eigenvalue weighted by Gasteiger charge is -2.20. The molecule has 0 spiro atoms. The Kier molecular flexibility index (Phi) is 8.49. The van der Waals surface area contributed by atoms with Crippen molar-refractivity contribution in [3.63, 3.8) is 0 Å². The van der Waals surface area contributed by atoms with E-state index in [1.165, 1.54) is 11.8 Å². The molecule has 1 atom stereocenters. The number of hydrogen-bond acceptors (Lipinski definition) is 7. The highest BCUT2D eigenvalue weighted by molar-refractivity contribution is 7.98. The highest BCUT2D eigenvalue weighted by atomic mass is 32.2. The Morgan fingerprint density at radius 3 is 2.52 bits per heavy atom. The molecule has 0 amide bonds. The number of nitrogens with one attached hydrogen (secondary N) is 1. The molecule has 0 saturated carbocycles. The Balaban J connectivity index is 2.19. The fraction of sp³-hybridized carbons (Fsp3) is 0.500. The van der Waals surface area contributed by atoms with Crippen molar-refractivity contribution in [3.8, 4) is 17.3 Å². The van der Waals surface area contributed by atoms with E-state index in [0.717, 1.165) is 38.0 Å². The lowest BCUT2D eigenvalue weighted by Crippen LogP contribution is -2.26. The van der Waals surface area contributed by atoms with Crippen molar-refractivity contribution in [2.45, 2.75) is 44.8 Å². The Labute approximate surface area is 166 Å². The first kappa shape index (κ1) is 21.1. The van der Waals surface area contributed by atoms with Crippen LogP contribution in [0.2, 0.25) is 0 Å². The average molecular weight is 385 g/mol. The molecule has 1 unspecified atom stereocenters. The Hall–Kier alpha value is -2.17. The summed E-state index contributed by atoms with van der Waals surface area (Å²) in [7, 11) is 0. The van der Waals surface area contributed by atoms with Gasteiger partial charge in [0.15, 0.2) is 5.16 Å². The minimum Gasteiger partial charge on any atom is -0.366 e. The van der Waals surface area contributed by atoms with Crippen molar-refractivity contribution in [2.75, 3.05) is 31.2 Å². The second-order valence-corrected chi connectivity index (χ2v) is 7.12. The summed E-state index contributed by atoms with van der Waals surface area (Å²) in [5, 5.41) is 13.8. The molecule has 7 heteroatoms. The number of thioether (sulfide) groups is 1. The molecular weight excluding hydrogens is 356 g/mol. The van der Waals surface area contributed by atoms with Gasteiger partial charge in [-0.05, 0) is 57.8 Å². The number of anilines is 1. The molecule has 2 aromatic heterocycles. The minimum atomic E-state index is 0.225. The number of rotatable bonds is 10. The van der Waals surface area contributed by atoms with Gasteiger partial charge < -0.3 is 10.2 Å². The second-order valence-electron chi connectivity index (χ2n) is 6.34. The van der Waals surface area contributed by atoms with Crippen LogP contribution in [0.1, 0.15) is 39.2 Å². The van der Waals surface area contributed by atoms with E-state index in [0.29, 0.717) is 22.2 Å². The maximum absolute atomic E-state index is 9.75. The molecule has 0 radical (unpaired) electrons. The Morgan fingerprint density at radius 2 is 1.93 bits per heavy atom. The zero-order valence-electron chi connectivity index (χ0n) is 16.6. The van der Waals surface area contributed by atoms with Crippen LogP contribution in [-0.4, -0.2) is 51.8 Å². The normalized spacial score (nSPS) is 12.0. The van der Waals surface area contributed by atoms with E-state index in [4.69, 9.17) is 0 Å². The first-order valence-corrected chi connectivity index (χ1v) is 10.6. The standard InChI is InChI=1S/C20H28N6S/c1-5-26(6-2)13-7-8-15(3)23-19-17(14-21)18(24-20(25-19)27-4)16-9-11-22-12-10-16/h9-12,15H,5-8,13H2,1-4H3,(H,23,24,25). The summed E-state index contributed by atoms with van der Waals surface area (Å²) in [4.78, 5) is 15.6. The SMILES string of the molecule is CCN(CC)CCCC(C)Nc1nc(SC)nc(-c2ccncc2)c1C#N. The van der Waals surface area contributed by atoms with E-state index in [1.54, 1.807) is 12.4 Å². The van der Waals surface area contributed by atoms with Crippen LogP contribution < -0.4 is 5.32 Å². The van der Waals surface area contributed by atoms with Crippen molar-refractivity contribution in [1.82, 2.24) is 19.9 Å². The van der Waals surface area contributed by atoms with Gasteiger partial charge in [-0.1, -0.05) is 25.6 Å². The molecule has 6 nitrogen and oxygen atoms in total. The molecule has 144 valence electrons. The fourth-order valence-electron chi connectivity index (χ4n) is 2.93. The maximum Gasteiger partial charge on any atom is 0.189 e. The number of nitrogens with zero attached hydrogens (tertiary/aromatic N) is 5. The van der Waals surface area contributed by atoms with Gasteiger partial charge in [0.2, 0.25) is 0 Å². The van der Waals surface area contributed by atoms with Crippen LogP contribution in [0, 0.1) is 11.3 Å². The predicted octanol–water partition coefficient (Wildman–Crippen LogP) is 4.05. The van der Waals surface area contributed by atoms with Gasteiger partial charge >= 0.3 is 0 Å². The smallest absolute Gasteiger partial charge is 0.189 e. The molecule has 0 bridgehead atoms. The van der Waals surface area contributed by atoms with Gasteiger partial charge in [-0.25, -0.2) is 9.97 Å². The molecule has 0 aliphatic carbocycles. The van der Waals surface area contributed by atoms with E-state index < -0.39 is 0 Å². The van der Waals surface area contributed by atoms with Crippen LogP contribution in [0.25, 0.3) is 11.3 Å². The van der Waals surface area contributed by atoms with Crippen LogP contribution in [0.15, 0.2) is 29.7 Å². The lowest BCUT2D eigenvalue weighted by atomic mass is 10.1. The van der Waals surface area contributed by atoms with E-state index in [-0.39, 0.29) is 6.04 Å². The molecule has 27 heavy (non-hydrogen) atoms. The van der Waals surface area contributed by atoms with Crippen molar-refractivity contribution >= 4 is 17.6 Å². The summed E-state index contributed by atoms with van der Waals surface area (Å²) in [5.74, 6) is 0.610. The topological polar surface area (TPSA) is 77.7 Å². The van der Waals surface area contributed by atoms with E-state index in [9.17, 15) is 5.26 Å². The van der Waals surface area contributed by atoms with Crippen LogP contribution in [0.5, 0.6) is 0 Å². The lowest BCUT2D eigenvalue weighted by molar-refractivity contribution is 0.295. The highest BCUT2D eigenvalue weighted by Crippen LogP contribution is 2.28. The summed E-state index contributed by atoms with van der Waals surface area (Å²) in [5.41, 5.74) is 2.00. The monoisotopic (exact) mass is 384 g/mol. The van der Waals surface area contributed by atoms with Crippen LogP contribution in [0.3, 0.4) is 0 Å². The number of pyridine rings is 1. The molecule has 2 heterocycles. The molecule has 0 fully saturated rings. The molecular formula is C20H28N6S. The quantitative estimate of drug-likeness (QED) is 0.489. The predicted molar refractivity (Wildman–Crippen MR) is 112 cm³/mol. The van der Waals surface area contributed by atoms with Gasteiger partial charge in [0.05, 0.1) is 5.69 Å². The zero-order valence-corrected chi connectivity index (χ0v) is 17.4. The Bertz CT molecular complexity index is 755. The molecule has 2 aromatic rings. The molecule has 0 aromatic carbocycles. The first-order valence-electron chi connectivity index (χ1n) is 9.38. The summed E-state index contributed by atoms with van der Waals surface area (Å²) < 4.78 is 0. The third-order valence-electron chi connectivity index (χ3n) is 4.53. The molecule has 0 saturated heterocycles. The van der Waals surface area contributed by atoms with Gasteiger partial charge in [-0.15, -0.1) is 0 Å². The van der Waals surface area contributed by atoms with E-state index in [1.807, 2.05) is 18.4 Å². The van der Waals surface area contributed by atoms with Gasteiger partial charge in [0.1, 0.15) is 17.5 Å². The molecule has 0 aliphatic rings. The van der Waals surface area contributed by atoms with Crippen molar-refractivity contribution in [1.29, 1.82) is 5.26 Å². The second kappa shape index (κ2) is 10.9. The van der Waals surface area contributed by atoms with Crippen LogP contribution >= 0.6 is 11.8 Å². The van der Waals surface area contributed by atoms with Crippen molar-refractivity contribution < 1.29 is 0 Å². The summed E-state index contributed by atoms with van der Waals surface area (Å²) in [6.07, 6.45) is 7.48. The highest BCUT2D eigenvalue weighted by Gasteiger charge is 2.17. The zero-order chi connectivity index (χ0) is 19.6. The maximum atomic E-state index is 9.75. The number of hydrogen-bond donors (Lipinski definition) is 1. The van der Waals surface area contributed by atoms with Gasteiger partial charge in [0, 0.05) is 24.0 Å².